The molecule has 0 radical (unpaired) electrons. The second-order valence-corrected chi connectivity index (χ2v) is 6.28. The van der Waals surface area contributed by atoms with Crippen LogP contribution in [-0.2, 0) is 4.79 Å². The lowest BCUT2D eigenvalue weighted by atomic mass is 10.1. The summed E-state index contributed by atoms with van der Waals surface area (Å²) in [6.45, 7) is 5.60. The molecule has 1 unspecified atom stereocenters. The number of amides is 1. The number of hydrogen-bond acceptors (Lipinski definition) is 4. The van der Waals surface area contributed by atoms with Gasteiger partial charge >= 0.3 is 5.97 Å². The lowest BCUT2D eigenvalue weighted by Crippen LogP contribution is -2.38. The fraction of sp³-hybridized carbons (Fsp3) is 0.615. The van der Waals surface area contributed by atoms with E-state index in [0.717, 1.165) is 23.5 Å². The Morgan fingerprint density at radius 1 is 1.47 bits per heavy atom. The first-order valence-electron chi connectivity index (χ1n) is 6.38. The summed E-state index contributed by atoms with van der Waals surface area (Å²) in [6, 6.07) is 0.205. The molecule has 1 atom stereocenters. The first-order valence-corrected chi connectivity index (χ1v) is 7.19. The molecule has 5 nitrogen and oxygen atoms in total. The zero-order valence-electron chi connectivity index (χ0n) is 11.3. The van der Waals surface area contributed by atoms with Gasteiger partial charge in [-0.15, -0.1) is 11.3 Å². The minimum Gasteiger partial charge on any atom is -0.481 e. The molecule has 0 aromatic carbocycles. The van der Waals surface area contributed by atoms with Crippen LogP contribution in [0.25, 0.3) is 0 Å². The summed E-state index contributed by atoms with van der Waals surface area (Å²) in [5.74, 6) is -1.48. The van der Waals surface area contributed by atoms with Gasteiger partial charge in [0.15, 0.2) is 0 Å². The predicted molar refractivity (Wildman–Crippen MR) is 72.4 cm³/mol. The Labute approximate surface area is 116 Å². The minimum absolute atomic E-state index is 0.0706. The Balaban J connectivity index is 2.17. The zero-order valence-corrected chi connectivity index (χ0v) is 12.2. The maximum absolute atomic E-state index is 12.5. The molecule has 0 spiro atoms. The molecule has 0 bridgehead atoms. The largest absolute Gasteiger partial charge is 0.481 e. The number of carbonyl (C=O) groups excluding carboxylic acids is 1. The topological polar surface area (TPSA) is 70.5 Å². The zero-order chi connectivity index (χ0) is 14.2. The first kappa shape index (κ1) is 14.0. The number of thiazole rings is 1. The second-order valence-electron chi connectivity index (χ2n) is 5.08. The molecule has 1 aromatic heterocycles. The molecule has 1 fully saturated rings. The van der Waals surface area contributed by atoms with E-state index >= 15 is 0 Å². The van der Waals surface area contributed by atoms with Crippen molar-refractivity contribution in [2.24, 2.45) is 5.92 Å². The number of aliphatic carboxylic acids is 1. The quantitative estimate of drug-likeness (QED) is 0.897. The molecule has 1 N–H and O–H groups in total. The summed E-state index contributed by atoms with van der Waals surface area (Å²) in [7, 11) is 0. The smallest absolute Gasteiger partial charge is 0.308 e. The van der Waals surface area contributed by atoms with Crippen molar-refractivity contribution in [3.8, 4) is 0 Å². The molecular formula is C13H18N2O3S. The van der Waals surface area contributed by atoms with Crippen LogP contribution < -0.4 is 0 Å². The van der Waals surface area contributed by atoms with Crippen LogP contribution in [0.15, 0.2) is 0 Å². The molecule has 0 saturated heterocycles. The molecule has 0 aliphatic heterocycles. The number of carboxylic acids is 1. The molecular weight excluding hydrogens is 264 g/mol. The van der Waals surface area contributed by atoms with Crippen molar-refractivity contribution >= 4 is 23.2 Å². The molecule has 104 valence electrons. The summed E-state index contributed by atoms with van der Waals surface area (Å²) >= 11 is 1.38. The number of aryl methyl sites for hydroxylation is 2. The average Bonchev–Trinajstić information content (AvgIpc) is 3.10. The van der Waals surface area contributed by atoms with E-state index in [-0.39, 0.29) is 18.5 Å². The van der Waals surface area contributed by atoms with Crippen LogP contribution in [0.4, 0.5) is 0 Å². The van der Waals surface area contributed by atoms with E-state index in [2.05, 4.69) is 4.98 Å². The molecule has 1 heterocycles. The van der Waals surface area contributed by atoms with Gasteiger partial charge in [-0.05, 0) is 26.7 Å². The number of hydrogen-bond donors (Lipinski definition) is 1. The standard InChI is InChI=1S/C13H18N2O3S/c1-7(13(17)18)6-15(10-4-5-10)12(16)11-8(2)14-9(3)19-11/h7,10H,4-6H2,1-3H3,(H,17,18). The highest BCUT2D eigenvalue weighted by Crippen LogP contribution is 2.31. The summed E-state index contributed by atoms with van der Waals surface area (Å²) < 4.78 is 0. The highest BCUT2D eigenvalue weighted by molar-refractivity contribution is 7.13. The molecule has 1 aliphatic carbocycles. The maximum atomic E-state index is 12.5. The molecule has 2 rings (SSSR count). The molecule has 19 heavy (non-hydrogen) atoms. The third-order valence-electron chi connectivity index (χ3n) is 3.24. The van der Waals surface area contributed by atoms with Crippen LogP contribution in [0.1, 0.15) is 40.1 Å². The van der Waals surface area contributed by atoms with Crippen molar-refractivity contribution in [2.75, 3.05) is 6.54 Å². The SMILES string of the molecule is Cc1nc(C)c(C(=O)N(CC(C)C(=O)O)C2CC2)s1. The van der Waals surface area contributed by atoms with Crippen LogP contribution >= 0.6 is 11.3 Å². The van der Waals surface area contributed by atoms with Crippen molar-refractivity contribution < 1.29 is 14.7 Å². The Hall–Kier alpha value is -1.43. The number of nitrogens with zero attached hydrogens (tertiary/aromatic N) is 2. The van der Waals surface area contributed by atoms with Gasteiger partial charge in [-0.25, -0.2) is 4.98 Å². The van der Waals surface area contributed by atoms with Crippen LogP contribution in [0, 0.1) is 19.8 Å². The fourth-order valence-electron chi connectivity index (χ4n) is 2.02. The molecule has 6 heteroatoms. The van der Waals surface area contributed by atoms with Gasteiger partial charge in [-0.3, -0.25) is 9.59 Å². The van der Waals surface area contributed by atoms with E-state index in [9.17, 15) is 9.59 Å². The Morgan fingerprint density at radius 2 is 2.11 bits per heavy atom. The van der Waals surface area contributed by atoms with E-state index in [1.165, 1.54) is 11.3 Å². The number of rotatable bonds is 5. The van der Waals surface area contributed by atoms with Crippen LogP contribution in [0.5, 0.6) is 0 Å². The van der Waals surface area contributed by atoms with E-state index in [4.69, 9.17) is 5.11 Å². The Kier molecular flexibility index (Phi) is 3.89. The molecule has 1 amide bonds. The summed E-state index contributed by atoms with van der Waals surface area (Å²) in [4.78, 5) is 30.1. The lowest BCUT2D eigenvalue weighted by Gasteiger charge is -2.23. The van der Waals surface area contributed by atoms with Gasteiger partial charge in [0.25, 0.3) is 5.91 Å². The number of carboxylic acid groups (broad SMARTS) is 1. The van der Waals surface area contributed by atoms with Gasteiger partial charge < -0.3 is 10.0 Å². The summed E-state index contributed by atoms with van der Waals surface area (Å²) in [5, 5.41) is 9.86. The van der Waals surface area contributed by atoms with E-state index in [1.54, 1.807) is 11.8 Å². The summed E-state index contributed by atoms with van der Waals surface area (Å²) in [5.41, 5.74) is 0.737. The second kappa shape index (κ2) is 5.28. The van der Waals surface area contributed by atoms with E-state index < -0.39 is 11.9 Å². The minimum atomic E-state index is -0.865. The van der Waals surface area contributed by atoms with Gasteiger partial charge in [0.05, 0.1) is 16.6 Å². The van der Waals surface area contributed by atoms with Crippen molar-refractivity contribution in [3.05, 3.63) is 15.6 Å². The average molecular weight is 282 g/mol. The highest BCUT2D eigenvalue weighted by Gasteiger charge is 2.36. The fourth-order valence-corrected chi connectivity index (χ4v) is 2.89. The monoisotopic (exact) mass is 282 g/mol. The van der Waals surface area contributed by atoms with Gasteiger partial charge in [-0.1, -0.05) is 6.92 Å². The highest BCUT2D eigenvalue weighted by atomic mass is 32.1. The number of carbonyl (C=O) groups is 2. The van der Waals surface area contributed by atoms with Gasteiger partial charge in [-0.2, -0.15) is 0 Å². The molecule has 1 aliphatic rings. The van der Waals surface area contributed by atoms with Crippen molar-refractivity contribution in [1.29, 1.82) is 0 Å². The van der Waals surface area contributed by atoms with Crippen LogP contribution in [0.2, 0.25) is 0 Å². The number of aromatic nitrogens is 1. The van der Waals surface area contributed by atoms with Gasteiger partial charge in [0.1, 0.15) is 4.88 Å². The molecule has 1 aromatic rings. The first-order chi connectivity index (χ1) is 8.90. The van der Waals surface area contributed by atoms with E-state index in [0.29, 0.717) is 4.88 Å². The Bertz CT molecular complexity index is 508. The predicted octanol–water partition coefficient (Wildman–Crippen LogP) is 2.09. The van der Waals surface area contributed by atoms with E-state index in [1.807, 2.05) is 13.8 Å². The maximum Gasteiger partial charge on any atom is 0.308 e. The van der Waals surface area contributed by atoms with Crippen LogP contribution in [-0.4, -0.2) is 39.5 Å². The third kappa shape index (κ3) is 3.12. The van der Waals surface area contributed by atoms with Gasteiger partial charge in [0, 0.05) is 12.6 Å². The Morgan fingerprint density at radius 3 is 2.53 bits per heavy atom. The lowest BCUT2D eigenvalue weighted by molar-refractivity contribution is -0.141. The summed E-state index contributed by atoms with van der Waals surface area (Å²) in [6.07, 6.45) is 1.93. The molecule has 1 saturated carbocycles. The third-order valence-corrected chi connectivity index (χ3v) is 4.30. The van der Waals surface area contributed by atoms with Crippen molar-refractivity contribution in [3.63, 3.8) is 0 Å². The van der Waals surface area contributed by atoms with Gasteiger partial charge in [0.2, 0.25) is 0 Å². The van der Waals surface area contributed by atoms with Crippen LogP contribution in [0.3, 0.4) is 0 Å². The van der Waals surface area contributed by atoms with Crippen molar-refractivity contribution in [1.82, 2.24) is 9.88 Å². The normalized spacial score (nSPS) is 16.2. The van der Waals surface area contributed by atoms with Crippen molar-refractivity contribution in [2.45, 2.75) is 39.7 Å².